The average Bonchev–Trinajstić information content (AvgIpc) is 2.75. The molecule has 0 fully saturated rings. The maximum Gasteiger partial charge on any atom is 0.471 e. The normalized spacial score (nSPS) is 11.9. The van der Waals surface area contributed by atoms with E-state index in [1.165, 1.54) is 70.6 Å². The summed E-state index contributed by atoms with van der Waals surface area (Å²) in [7, 11) is 0.0978. The van der Waals surface area contributed by atoms with E-state index in [0.717, 1.165) is 4.31 Å². The maximum atomic E-state index is 12.7. The minimum absolute atomic E-state index is 0.0315. The Morgan fingerprint density at radius 2 is 1.76 bits per heavy atom. The Hall–Kier alpha value is -3.12. The Balaban J connectivity index is 2.27. The van der Waals surface area contributed by atoms with Gasteiger partial charge in [0.1, 0.15) is 10.6 Å². The van der Waals surface area contributed by atoms with Crippen LogP contribution in [0.1, 0.15) is 22.8 Å². The molecule has 0 aliphatic heterocycles. The molecule has 8 nitrogen and oxygen atoms in total. The van der Waals surface area contributed by atoms with Gasteiger partial charge in [-0.05, 0) is 42.8 Å². The van der Waals surface area contributed by atoms with Gasteiger partial charge in [-0.2, -0.15) is 13.2 Å². The van der Waals surface area contributed by atoms with Crippen LogP contribution in [0.15, 0.2) is 47.4 Å². The fraction of sp³-hybridized carbons (Fsp3) is 0.333. The number of hydrogen-bond acceptors (Lipinski definition) is 5. The Kier molecular flexibility index (Phi) is 8.09. The highest BCUT2D eigenvalue weighted by molar-refractivity contribution is 7.89. The lowest BCUT2D eigenvalue weighted by molar-refractivity contribution is -0.185. The maximum absolute atomic E-state index is 12.7. The molecule has 1 N–H and O–H groups in total. The van der Waals surface area contributed by atoms with Crippen molar-refractivity contribution in [3.63, 3.8) is 0 Å². The summed E-state index contributed by atoms with van der Waals surface area (Å²) in [5.41, 5.74) is 0.669. The van der Waals surface area contributed by atoms with Crippen molar-refractivity contribution in [2.75, 3.05) is 33.1 Å². The zero-order valence-electron chi connectivity index (χ0n) is 18.4. The zero-order chi connectivity index (χ0) is 25.0. The highest BCUT2D eigenvalue weighted by atomic mass is 32.2. The van der Waals surface area contributed by atoms with E-state index in [2.05, 4.69) is 5.32 Å². The predicted octanol–water partition coefficient (Wildman–Crippen LogP) is 3.11. The first-order valence-electron chi connectivity index (χ1n) is 9.68. The fourth-order valence-corrected chi connectivity index (χ4v) is 3.97. The molecule has 2 aromatic carbocycles. The molecule has 12 heteroatoms. The molecule has 0 radical (unpaired) electrons. The Morgan fingerprint density at radius 3 is 2.30 bits per heavy atom. The molecule has 0 aliphatic rings. The summed E-state index contributed by atoms with van der Waals surface area (Å²) in [6.07, 6.45) is -4.99. The number of benzene rings is 2. The van der Waals surface area contributed by atoms with Crippen LogP contribution >= 0.6 is 0 Å². The van der Waals surface area contributed by atoms with E-state index < -0.39 is 28.0 Å². The van der Waals surface area contributed by atoms with E-state index in [1.54, 1.807) is 0 Å². The van der Waals surface area contributed by atoms with Crippen LogP contribution in [0.4, 0.5) is 18.9 Å². The van der Waals surface area contributed by atoms with E-state index in [9.17, 15) is 31.2 Å². The van der Waals surface area contributed by atoms with Gasteiger partial charge in [-0.25, -0.2) is 12.7 Å². The van der Waals surface area contributed by atoms with Crippen molar-refractivity contribution < 1.29 is 35.9 Å². The number of sulfonamides is 1. The predicted molar refractivity (Wildman–Crippen MR) is 115 cm³/mol. The third-order valence-corrected chi connectivity index (χ3v) is 6.49. The molecular formula is C21H24F3N3O5S. The molecule has 180 valence electrons. The highest BCUT2D eigenvalue weighted by Crippen LogP contribution is 2.27. The number of hydrogen-bond donors (Lipinski definition) is 1. The van der Waals surface area contributed by atoms with Crippen molar-refractivity contribution in [2.24, 2.45) is 0 Å². The van der Waals surface area contributed by atoms with Gasteiger partial charge < -0.3 is 15.0 Å². The van der Waals surface area contributed by atoms with E-state index in [0.29, 0.717) is 10.5 Å². The monoisotopic (exact) mass is 487 g/mol. The summed E-state index contributed by atoms with van der Waals surface area (Å²) in [6.45, 7) is 0.981. The Labute approximate surface area is 190 Å². The van der Waals surface area contributed by atoms with Crippen LogP contribution in [0.2, 0.25) is 0 Å². The van der Waals surface area contributed by atoms with Gasteiger partial charge in [0.05, 0.1) is 7.11 Å². The van der Waals surface area contributed by atoms with Crippen LogP contribution in [-0.2, 0) is 21.4 Å². The van der Waals surface area contributed by atoms with Crippen molar-refractivity contribution in [1.82, 2.24) is 9.21 Å². The number of rotatable bonds is 8. The number of anilines is 1. The lowest BCUT2D eigenvalue weighted by Gasteiger charge is -2.22. The molecule has 0 saturated heterocycles. The topological polar surface area (TPSA) is 96.0 Å². The number of carbonyl (C=O) groups excluding carboxylic acids is 2. The third-order valence-electron chi connectivity index (χ3n) is 4.65. The number of alkyl halides is 3. The molecule has 33 heavy (non-hydrogen) atoms. The number of nitrogens with zero attached hydrogens (tertiary/aromatic N) is 2. The van der Waals surface area contributed by atoms with E-state index >= 15 is 0 Å². The van der Waals surface area contributed by atoms with Gasteiger partial charge in [0, 0.05) is 38.4 Å². The molecule has 0 spiro atoms. The third kappa shape index (κ3) is 6.23. The summed E-state index contributed by atoms with van der Waals surface area (Å²) in [4.78, 5) is 24.7. The van der Waals surface area contributed by atoms with Gasteiger partial charge in [-0.15, -0.1) is 0 Å². The second-order valence-corrected chi connectivity index (χ2v) is 9.24. The molecule has 2 rings (SSSR count). The first kappa shape index (κ1) is 26.1. The summed E-state index contributed by atoms with van der Waals surface area (Å²) >= 11 is 0. The molecular weight excluding hydrogens is 463 g/mol. The first-order chi connectivity index (χ1) is 15.3. The van der Waals surface area contributed by atoms with E-state index in [-0.39, 0.29) is 35.0 Å². The summed E-state index contributed by atoms with van der Waals surface area (Å²) in [5, 5.41) is 2.58. The fourth-order valence-electron chi connectivity index (χ4n) is 2.89. The number of methoxy groups -OCH3 is 1. The molecule has 0 bridgehead atoms. The van der Waals surface area contributed by atoms with Crippen LogP contribution in [0.5, 0.6) is 5.75 Å². The lowest BCUT2D eigenvalue weighted by atomic mass is 10.1. The summed E-state index contributed by atoms with van der Waals surface area (Å²) in [5.74, 6) is -2.52. The number of ether oxygens (including phenoxy) is 1. The Bertz CT molecular complexity index is 1130. The van der Waals surface area contributed by atoms with E-state index in [1.807, 2.05) is 0 Å². The second-order valence-electron chi connectivity index (χ2n) is 7.12. The van der Waals surface area contributed by atoms with Gasteiger partial charge in [-0.3, -0.25) is 9.59 Å². The standard InChI is InChI=1S/C21H24F3N3O5S/c1-5-27(20(29)21(22,23)24)13-14-7-6-8-16(11-14)25-19(28)15-9-10-17(32-4)18(12-15)33(30,31)26(2)3/h6-12H,5,13H2,1-4H3,(H,25,28). The minimum Gasteiger partial charge on any atom is -0.495 e. The molecule has 2 amide bonds. The smallest absolute Gasteiger partial charge is 0.471 e. The highest BCUT2D eigenvalue weighted by Gasteiger charge is 2.41. The van der Waals surface area contributed by atoms with Crippen molar-refractivity contribution in [3.8, 4) is 5.75 Å². The van der Waals surface area contributed by atoms with Crippen LogP contribution in [-0.4, -0.2) is 63.4 Å². The van der Waals surface area contributed by atoms with Gasteiger partial charge in [0.25, 0.3) is 5.91 Å². The van der Waals surface area contributed by atoms with Gasteiger partial charge >= 0.3 is 12.1 Å². The van der Waals surface area contributed by atoms with Crippen LogP contribution in [0, 0.1) is 0 Å². The lowest BCUT2D eigenvalue weighted by Crippen LogP contribution is -2.40. The van der Waals surface area contributed by atoms with Crippen LogP contribution in [0.3, 0.4) is 0 Å². The van der Waals surface area contributed by atoms with Gasteiger partial charge in [0.15, 0.2) is 0 Å². The van der Waals surface area contributed by atoms with Gasteiger partial charge in [-0.1, -0.05) is 12.1 Å². The minimum atomic E-state index is -4.99. The average molecular weight is 488 g/mol. The summed E-state index contributed by atoms with van der Waals surface area (Å²) in [6, 6.07) is 9.91. The Morgan fingerprint density at radius 1 is 1.09 bits per heavy atom. The number of amides is 2. The molecule has 0 aromatic heterocycles. The number of carbonyl (C=O) groups is 2. The zero-order valence-corrected chi connectivity index (χ0v) is 19.2. The van der Waals surface area contributed by atoms with Crippen LogP contribution < -0.4 is 10.1 Å². The molecule has 0 aliphatic carbocycles. The van der Waals surface area contributed by atoms with E-state index in [4.69, 9.17) is 4.74 Å². The number of halogens is 3. The van der Waals surface area contributed by atoms with Crippen molar-refractivity contribution in [2.45, 2.75) is 24.5 Å². The van der Waals surface area contributed by atoms with Crippen LogP contribution in [0.25, 0.3) is 0 Å². The molecule has 0 heterocycles. The van der Waals surface area contributed by atoms with Crippen molar-refractivity contribution in [1.29, 1.82) is 0 Å². The largest absolute Gasteiger partial charge is 0.495 e. The first-order valence-corrected chi connectivity index (χ1v) is 11.1. The quantitative estimate of drug-likeness (QED) is 0.617. The number of nitrogens with one attached hydrogen (secondary N) is 1. The van der Waals surface area contributed by atoms with Gasteiger partial charge in [0.2, 0.25) is 10.0 Å². The van der Waals surface area contributed by atoms with Crippen molar-refractivity contribution >= 4 is 27.5 Å². The SMILES string of the molecule is CCN(Cc1cccc(NC(=O)c2ccc(OC)c(S(=O)(=O)N(C)C)c2)c1)C(=O)C(F)(F)F. The van der Waals surface area contributed by atoms with Crippen molar-refractivity contribution in [3.05, 3.63) is 53.6 Å². The molecule has 0 saturated carbocycles. The summed E-state index contributed by atoms with van der Waals surface area (Å²) < 4.78 is 69.4. The molecule has 0 unspecified atom stereocenters. The molecule has 2 aromatic rings. The molecule has 0 atom stereocenters. The second kappa shape index (κ2) is 10.2.